The molecule has 0 aliphatic carbocycles. The summed E-state index contributed by atoms with van der Waals surface area (Å²) < 4.78 is 9.96. The minimum atomic E-state index is -0.664. The van der Waals surface area contributed by atoms with Crippen LogP contribution in [0.2, 0.25) is 16.6 Å². The van der Waals surface area contributed by atoms with Crippen LogP contribution in [-0.2, 0) is 19.0 Å². The molecule has 4 aromatic carbocycles. The molecule has 6 heteroatoms. The molecule has 53 heavy (non-hydrogen) atoms. The first-order chi connectivity index (χ1) is 25.7. The Morgan fingerprint density at radius 3 is 1.74 bits per heavy atom. The van der Waals surface area contributed by atoms with E-state index in [1.807, 2.05) is 12.4 Å². The van der Waals surface area contributed by atoms with Crippen molar-refractivity contribution in [2.24, 2.45) is 7.05 Å². The predicted molar refractivity (Wildman–Crippen MR) is 222 cm³/mol. The first-order valence-electron chi connectivity index (χ1n) is 19.0. The van der Waals surface area contributed by atoms with Gasteiger partial charge in [-0.3, -0.25) is 4.68 Å². The molecule has 0 amide bonds. The highest BCUT2D eigenvalue weighted by Gasteiger charge is 2.39. The van der Waals surface area contributed by atoms with E-state index in [9.17, 15) is 0 Å². The van der Waals surface area contributed by atoms with Crippen LogP contribution >= 0.6 is 0 Å². The third-order valence-electron chi connectivity index (χ3n) is 10.6. The lowest BCUT2D eigenvalue weighted by atomic mass is 9.77. The Kier molecular flexibility index (Phi) is 10.5. The topological polar surface area (TPSA) is 44.9 Å². The number of fused-ring (bicyclic) bond motifs is 2. The third kappa shape index (κ3) is 7.00. The lowest BCUT2D eigenvalue weighted by Gasteiger charge is -2.36. The molecule has 0 unspecified atom stereocenters. The summed E-state index contributed by atoms with van der Waals surface area (Å²) in [5.74, 6) is 0.990. The van der Waals surface area contributed by atoms with Crippen LogP contribution in [0.4, 0.5) is 0 Å². The number of aromatic nitrogens is 4. The smallest absolute Gasteiger partial charge is 0.140 e. The molecule has 0 spiro atoms. The first-order valence-corrected chi connectivity index (χ1v) is 20.7. The molecule has 8 rings (SSSR count). The van der Waals surface area contributed by atoms with Gasteiger partial charge in [0.2, 0.25) is 0 Å². The van der Waals surface area contributed by atoms with E-state index in [1.54, 1.807) is 0 Å². The largest absolute Gasteiger partial charge is 0.493 e. The van der Waals surface area contributed by atoms with Gasteiger partial charge in [-0.25, -0.2) is 4.98 Å². The van der Waals surface area contributed by atoms with E-state index in [4.69, 9.17) is 14.8 Å². The molecule has 0 fully saturated rings. The molecule has 269 valence electrons. The van der Waals surface area contributed by atoms with Crippen molar-refractivity contribution in [3.8, 4) is 28.0 Å². The van der Waals surface area contributed by atoms with Crippen LogP contribution in [0, 0.1) is 0 Å². The minimum absolute atomic E-state index is 0.0957. The second kappa shape index (κ2) is 15.4. The van der Waals surface area contributed by atoms with Gasteiger partial charge in [0.1, 0.15) is 16.9 Å². The standard InChI is InChI=1S/C38H30N4O.C9H21Si/c1-41-26-35(34-22-29(23-39-37(34)41)27-17-18-36-28(21-27)19-20-43-36)30-24-40-42(25-30)38(31-11-5-2-6-12-31,32-13-7-3-8-14-32)33-15-9-4-10-16-33;1-7(2)10(8(3)4)9(5)6/h2-18,21-26H,19-20H2,1H3;7-9H,1-6H3. The minimum Gasteiger partial charge on any atom is -0.493 e. The maximum atomic E-state index is 5.74. The van der Waals surface area contributed by atoms with Gasteiger partial charge in [0.05, 0.1) is 21.6 Å². The predicted octanol–water partition coefficient (Wildman–Crippen LogP) is 11.6. The van der Waals surface area contributed by atoms with Crippen LogP contribution in [-0.4, -0.2) is 34.7 Å². The van der Waals surface area contributed by atoms with E-state index in [-0.39, 0.29) is 8.80 Å². The zero-order valence-electron chi connectivity index (χ0n) is 32.1. The highest BCUT2D eigenvalue weighted by atomic mass is 28.3. The number of hydrogen-bond donors (Lipinski definition) is 0. The number of benzene rings is 4. The summed E-state index contributed by atoms with van der Waals surface area (Å²) in [6, 6.07) is 40.6. The van der Waals surface area contributed by atoms with E-state index < -0.39 is 5.54 Å². The summed E-state index contributed by atoms with van der Waals surface area (Å²) in [6.07, 6.45) is 9.24. The van der Waals surface area contributed by atoms with E-state index in [0.29, 0.717) is 0 Å². The molecule has 1 aliphatic rings. The molecule has 4 heterocycles. The van der Waals surface area contributed by atoms with Gasteiger partial charge in [-0.15, -0.1) is 0 Å². The Bertz CT molecular complexity index is 2160. The SMILES string of the molecule is CC(C)[Si](C(C)C)C(C)C.Cn1cc(-c2cnn(C(c3ccccc3)(c3ccccc3)c3ccccc3)c2)c2cc(-c3ccc4c(c3)CCO4)cnc21. The van der Waals surface area contributed by atoms with Crippen molar-refractivity contribution in [1.82, 2.24) is 19.3 Å². The van der Waals surface area contributed by atoms with Crippen LogP contribution < -0.4 is 4.74 Å². The van der Waals surface area contributed by atoms with Gasteiger partial charge in [-0.2, -0.15) is 5.10 Å². The van der Waals surface area contributed by atoms with Gasteiger partial charge in [0.15, 0.2) is 0 Å². The third-order valence-corrected chi connectivity index (χ3v) is 14.6. The number of nitrogens with zero attached hydrogens (tertiary/aromatic N) is 4. The highest BCUT2D eigenvalue weighted by Crippen LogP contribution is 2.42. The fourth-order valence-electron chi connectivity index (χ4n) is 8.60. The van der Waals surface area contributed by atoms with Crippen LogP contribution in [0.15, 0.2) is 140 Å². The fraction of sp³-hybridized carbons (Fsp3) is 0.277. The Morgan fingerprint density at radius 1 is 0.642 bits per heavy atom. The van der Waals surface area contributed by atoms with Crippen molar-refractivity contribution in [1.29, 1.82) is 0 Å². The number of rotatable bonds is 9. The van der Waals surface area contributed by atoms with Crippen molar-refractivity contribution in [2.45, 2.75) is 70.1 Å². The molecule has 0 N–H and O–H groups in total. The highest BCUT2D eigenvalue weighted by molar-refractivity contribution is 6.63. The van der Waals surface area contributed by atoms with Crippen molar-refractivity contribution in [3.63, 3.8) is 0 Å². The van der Waals surface area contributed by atoms with Crippen molar-refractivity contribution in [2.75, 3.05) is 6.61 Å². The van der Waals surface area contributed by atoms with Gasteiger partial charge < -0.3 is 9.30 Å². The quantitative estimate of drug-likeness (QED) is 0.110. The van der Waals surface area contributed by atoms with Crippen LogP contribution in [0.5, 0.6) is 5.75 Å². The zero-order valence-corrected chi connectivity index (χ0v) is 33.1. The molecular formula is C47H51N4OSi. The molecule has 1 aliphatic heterocycles. The second-order valence-corrected chi connectivity index (χ2v) is 19.6. The van der Waals surface area contributed by atoms with Crippen molar-refractivity contribution >= 4 is 19.8 Å². The van der Waals surface area contributed by atoms with Gasteiger partial charge in [0, 0.05) is 54.1 Å². The van der Waals surface area contributed by atoms with Gasteiger partial charge in [0.25, 0.3) is 0 Å². The summed E-state index contributed by atoms with van der Waals surface area (Å²) in [6.45, 7) is 15.0. The molecule has 0 saturated heterocycles. The lowest BCUT2D eigenvalue weighted by Crippen LogP contribution is -2.38. The molecule has 5 nitrogen and oxygen atoms in total. The Labute approximate surface area is 316 Å². The Balaban J connectivity index is 0.000000384. The maximum Gasteiger partial charge on any atom is 0.140 e. The summed E-state index contributed by atoms with van der Waals surface area (Å²) in [7, 11) is 1.96. The Morgan fingerprint density at radius 2 is 1.21 bits per heavy atom. The molecule has 3 aromatic heterocycles. The van der Waals surface area contributed by atoms with Crippen molar-refractivity contribution < 1.29 is 4.74 Å². The summed E-state index contributed by atoms with van der Waals surface area (Å²) in [4.78, 5) is 4.90. The van der Waals surface area contributed by atoms with Gasteiger partial charge in [-0.05, 0) is 46.0 Å². The summed E-state index contributed by atoms with van der Waals surface area (Å²) >= 11 is 0. The van der Waals surface area contributed by atoms with Crippen LogP contribution in [0.1, 0.15) is 63.8 Å². The van der Waals surface area contributed by atoms with E-state index in [1.165, 1.54) is 5.56 Å². The average Bonchev–Trinajstić information content (AvgIpc) is 3.92. The average molecular weight is 716 g/mol. The molecule has 0 bridgehead atoms. The summed E-state index contributed by atoms with van der Waals surface area (Å²) in [5, 5.41) is 6.20. The summed E-state index contributed by atoms with van der Waals surface area (Å²) in [5.41, 5.74) is 12.2. The molecule has 0 saturated carbocycles. The van der Waals surface area contributed by atoms with Gasteiger partial charge in [-0.1, -0.05) is 155 Å². The van der Waals surface area contributed by atoms with Crippen LogP contribution in [0.25, 0.3) is 33.3 Å². The number of ether oxygens (including phenoxy) is 1. The Hall–Kier alpha value is -5.20. The number of pyridine rings is 1. The van der Waals surface area contributed by atoms with Gasteiger partial charge >= 0.3 is 0 Å². The molecule has 0 atom stereocenters. The van der Waals surface area contributed by atoms with Crippen LogP contribution in [0.3, 0.4) is 0 Å². The van der Waals surface area contributed by atoms with E-state index in [2.05, 4.69) is 185 Å². The zero-order chi connectivity index (χ0) is 37.1. The first kappa shape index (κ1) is 36.2. The lowest BCUT2D eigenvalue weighted by molar-refractivity contribution is 0.357. The fourth-order valence-corrected chi connectivity index (χ4v) is 12.6. The van der Waals surface area contributed by atoms with Crippen molar-refractivity contribution in [3.05, 3.63) is 162 Å². The van der Waals surface area contributed by atoms with E-state index in [0.717, 1.165) is 85.4 Å². The second-order valence-electron chi connectivity index (χ2n) is 15.1. The number of aryl methyl sites for hydroxylation is 1. The monoisotopic (exact) mass is 715 g/mol. The molecule has 7 aromatic rings. The normalized spacial score (nSPS) is 12.7. The molecule has 1 radical (unpaired) electrons. The maximum absolute atomic E-state index is 5.74. The van der Waals surface area contributed by atoms with E-state index >= 15 is 0 Å². The number of hydrogen-bond acceptors (Lipinski definition) is 3. The molecular weight excluding hydrogens is 665 g/mol.